The van der Waals surface area contributed by atoms with Crippen LogP contribution in [0.15, 0.2) is 35.0 Å². The number of amides is 1. The summed E-state index contributed by atoms with van der Waals surface area (Å²) in [7, 11) is 1.64. The number of carbonyl (C=O) groups excluding carboxylic acids is 1. The molecule has 0 bridgehead atoms. The first kappa shape index (κ1) is 16.0. The molecule has 1 aromatic carbocycles. The summed E-state index contributed by atoms with van der Waals surface area (Å²) < 4.78 is 5.36. The average molecular weight is 331 g/mol. The van der Waals surface area contributed by atoms with E-state index in [9.17, 15) is 9.90 Å². The maximum Gasteiger partial charge on any atom is 0.230 e. The van der Waals surface area contributed by atoms with Crippen LogP contribution in [0.1, 0.15) is 35.6 Å². The molecular weight excluding hydrogens is 310 g/mol. The molecule has 4 nitrogen and oxygen atoms in total. The third kappa shape index (κ3) is 3.12. The highest BCUT2D eigenvalue weighted by Gasteiger charge is 2.51. The van der Waals surface area contributed by atoms with Crippen molar-refractivity contribution in [3.05, 3.63) is 51.7 Å². The van der Waals surface area contributed by atoms with Gasteiger partial charge >= 0.3 is 0 Å². The van der Waals surface area contributed by atoms with Crippen molar-refractivity contribution in [2.75, 3.05) is 13.7 Å². The number of rotatable bonds is 6. The number of hydrogen-bond acceptors (Lipinski definition) is 4. The molecule has 0 radical (unpaired) electrons. The Bertz CT molecular complexity index is 692. The van der Waals surface area contributed by atoms with E-state index in [2.05, 4.69) is 5.32 Å². The second-order valence-corrected chi connectivity index (χ2v) is 6.83. The molecule has 1 aromatic heterocycles. The number of benzene rings is 1. The summed E-state index contributed by atoms with van der Waals surface area (Å²) in [5, 5.41) is 16.8. The number of hydrogen-bond donors (Lipinski definition) is 2. The number of aliphatic hydroxyl groups is 1. The molecule has 1 atom stereocenters. The Morgan fingerprint density at radius 1 is 1.43 bits per heavy atom. The Balaban J connectivity index is 1.69. The first-order valence-corrected chi connectivity index (χ1v) is 8.65. The molecule has 0 saturated heterocycles. The molecule has 1 amide bonds. The molecule has 3 rings (SSSR count). The Kier molecular flexibility index (Phi) is 4.41. The molecule has 0 aliphatic heterocycles. The third-order valence-corrected chi connectivity index (χ3v) is 5.23. The van der Waals surface area contributed by atoms with Gasteiger partial charge in [0.25, 0.3) is 0 Å². The fourth-order valence-electron chi connectivity index (χ4n) is 2.83. The molecule has 1 aliphatic carbocycles. The summed E-state index contributed by atoms with van der Waals surface area (Å²) in [6, 6.07) is 7.82. The van der Waals surface area contributed by atoms with Gasteiger partial charge < -0.3 is 15.2 Å². The SMILES string of the molecule is COc1cc(C2(C(=O)NCC(O)c3ccsc3)CC2)ccc1C. The van der Waals surface area contributed by atoms with Crippen molar-refractivity contribution in [2.24, 2.45) is 0 Å². The number of ether oxygens (including phenoxy) is 1. The van der Waals surface area contributed by atoms with Gasteiger partial charge in [0.1, 0.15) is 5.75 Å². The van der Waals surface area contributed by atoms with Crippen molar-refractivity contribution in [1.82, 2.24) is 5.32 Å². The van der Waals surface area contributed by atoms with Crippen LogP contribution < -0.4 is 10.1 Å². The topological polar surface area (TPSA) is 58.6 Å². The van der Waals surface area contributed by atoms with Gasteiger partial charge in [0.2, 0.25) is 5.91 Å². The molecule has 1 unspecified atom stereocenters. The molecule has 5 heteroatoms. The lowest BCUT2D eigenvalue weighted by Gasteiger charge is -2.19. The van der Waals surface area contributed by atoms with Crippen LogP contribution in [0.25, 0.3) is 0 Å². The Labute approximate surface area is 140 Å². The van der Waals surface area contributed by atoms with Crippen LogP contribution in [-0.4, -0.2) is 24.7 Å². The maximum atomic E-state index is 12.6. The van der Waals surface area contributed by atoms with Gasteiger partial charge in [-0.2, -0.15) is 11.3 Å². The van der Waals surface area contributed by atoms with Gasteiger partial charge in [0.15, 0.2) is 0 Å². The van der Waals surface area contributed by atoms with E-state index in [0.29, 0.717) is 0 Å². The van der Waals surface area contributed by atoms with E-state index < -0.39 is 11.5 Å². The first-order valence-electron chi connectivity index (χ1n) is 7.70. The van der Waals surface area contributed by atoms with Crippen molar-refractivity contribution in [1.29, 1.82) is 0 Å². The predicted molar refractivity (Wildman–Crippen MR) is 90.9 cm³/mol. The summed E-state index contributed by atoms with van der Waals surface area (Å²) in [6.45, 7) is 2.22. The van der Waals surface area contributed by atoms with Crippen molar-refractivity contribution >= 4 is 17.2 Å². The van der Waals surface area contributed by atoms with E-state index in [1.165, 1.54) is 11.3 Å². The molecule has 122 valence electrons. The van der Waals surface area contributed by atoms with E-state index in [1.54, 1.807) is 7.11 Å². The maximum absolute atomic E-state index is 12.6. The second kappa shape index (κ2) is 6.34. The molecule has 0 spiro atoms. The summed E-state index contributed by atoms with van der Waals surface area (Å²) in [5.41, 5.74) is 2.43. The lowest BCUT2D eigenvalue weighted by atomic mass is 9.93. The second-order valence-electron chi connectivity index (χ2n) is 6.05. The number of methoxy groups -OCH3 is 1. The standard InChI is InChI=1S/C18H21NO3S/c1-12-3-4-14(9-16(12)22-2)18(6-7-18)17(21)19-10-15(20)13-5-8-23-11-13/h3-5,8-9,11,15,20H,6-7,10H2,1-2H3,(H,19,21). The van der Waals surface area contributed by atoms with Crippen LogP contribution in [-0.2, 0) is 10.2 Å². The van der Waals surface area contributed by atoms with Gasteiger partial charge in [-0.1, -0.05) is 12.1 Å². The minimum Gasteiger partial charge on any atom is -0.496 e. The van der Waals surface area contributed by atoms with Gasteiger partial charge in [-0.25, -0.2) is 0 Å². The quantitative estimate of drug-likeness (QED) is 0.855. The lowest BCUT2D eigenvalue weighted by molar-refractivity contribution is -0.124. The van der Waals surface area contributed by atoms with Crippen molar-refractivity contribution < 1.29 is 14.6 Å². The van der Waals surface area contributed by atoms with Crippen LogP contribution in [0.5, 0.6) is 5.75 Å². The zero-order valence-corrected chi connectivity index (χ0v) is 14.2. The van der Waals surface area contributed by atoms with Crippen molar-refractivity contribution in [3.63, 3.8) is 0 Å². The van der Waals surface area contributed by atoms with Gasteiger partial charge in [0.05, 0.1) is 18.6 Å². The van der Waals surface area contributed by atoms with Crippen LogP contribution in [0.3, 0.4) is 0 Å². The molecule has 2 N–H and O–H groups in total. The monoisotopic (exact) mass is 331 g/mol. The predicted octanol–water partition coefficient (Wildman–Crippen LogP) is 2.95. The van der Waals surface area contributed by atoms with E-state index in [4.69, 9.17) is 4.74 Å². The minimum absolute atomic E-state index is 0.0160. The molecular formula is C18H21NO3S. The molecule has 1 heterocycles. The highest BCUT2D eigenvalue weighted by molar-refractivity contribution is 7.07. The summed E-state index contributed by atoms with van der Waals surface area (Å²) in [6.07, 6.45) is 1.01. The third-order valence-electron chi connectivity index (χ3n) is 4.53. The Hall–Kier alpha value is -1.85. The normalized spacial score (nSPS) is 16.7. The molecule has 2 aromatic rings. The van der Waals surface area contributed by atoms with E-state index in [-0.39, 0.29) is 12.5 Å². The van der Waals surface area contributed by atoms with Crippen LogP contribution in [0.2, 0.25) is 0 Å². The van der Waals surface area contributed by atoms with E-state index in [0.717, 1.165) is 35.3 Å². The fourth-order valence-corrected chi connectivity index (χ4v) is 3.54. The molecule has 1 fully saturated rings. The van der Waals surface area contributed by atoms with Gasteiger partial charge in [0, 0.05) is 6.54 Å². The molecule has 1 aliphatic rings. The fraction of sp³-hybridized carbons (Fsp3) is 0.389. The van der Waals surface area contributed by atoms with Crippen LogP contribution >= 0.6 is 11.3 Å². The Morgan fingerprint density at radius 3 is 2.83 bits per heavy atom. The van der Waals surface area contributed by atoms with E-state index in [1.807, 2.05) is 41.9 Å². The number of carbonyl (C=O) groups is 1. The number of thiophene rings is 1. The zero-order valence-electron chi connectivity index (χ0n) is 13.3. The number of aliphatic hydroxyl groups excluding tert-OH is 1. The first-order chi connectivity index (χ1) is 11.1. The summed E-state index contributed by atoms with van der Waals surface area (Å²) >= 11 is 1.54. The van der Waals surface area contributed by atoms with E-state index >= 15 is 0 Å². The largest absolute Gasteiger partial charge is 0.496 e. The summed E-state index contributed by atoms with van der Waals surface area (Å²) in [5.74, 6) is 0.789. The van der Waals surface area contributed by atoms with Gasteiger partial charge in [-0.15, -0.1) is 0 Å². The highest BCUT2D eigenvalue weighted by atomic mass is 32.1. The zero-order chi connectivity index (χ0) is 16.4. The van der Waals surface area contributed by atoms with Gasteiger partial charge in [-0.3, -0.25) is 4.79 Å². The lowest BCUT2D eigenvalue weighted by Crippen LogP contribution is -2.37. The van der Waals surface area contributed by atoms with Crippen molar-refractivity contribution in [3.8, 4) is 5.75 Å². The van der Waals surface area contributed by atoms with Crippen LogP contribution in [0, 0.1) is 6.92 Å². The smallest absolute Gasteiger partial charge is 0.230 e. The van der Waals surface area contributed by atoms with Crippen LogP contribution in [0.4, 0.5) is 0 Å². The number of aryl methyl sites for hydroxylation is 1. The molecule has 1 saturated carbocycles. The van der Waals surface area contributed by atoms with Crippen molar-refractivity contribution in [2.45, 2.75) is 31.3 Å². The minimum atomic E-state index is -0.659. The molecule has 23 heavy (non-hydrogen) atoms. The summed E-state index contributed by atoms with van der Waals surface area (Å²) in [4.78, 5) is 12.6. The average Bonchev–Trinajstić information content (AvgIpc) is 3.19. The Morgan fingerprint density at radius 2 is 2.22 bits per heavy atom. The van der Waals surface area contributed by atoms with Gasteiger partial charge in [-0.05, 0) is 59.3 Å². The number of nitrogens with one attached hydrogen (secondary N) is 1. The highest BCUT2D eigenvalue weighted by Crippen LogP contribution is 2.49.